The van der Waals surface area contributed by atoms with Gasteiger partial charge >= 0.3 is 6.09 Å². The van der Waals surface area contributed by atoms with Gasteiger partial charge in [0.15, 0.2) is 0 Å². The molecule has 1 aromatic rings. The van der Waals surface area contributed by atoms with Crippen molar-refractivity contribution in [1.82, 2.24) is 5.32 Å². The van der Waals surface area contributed by atoms with Gasteiger partial charge in [-0.2, -0.15) is 0 Å². The molecule has 3 rings (SSSR count). The zero-order valence-corrected chi connectivity index (χ0v) is 15.7. The second kappa shape index (κ2) is 5.79. The summed E-state index contributed by atoms with van der Waals surface area (Å²) in [4.78, 5) is 11.9. The lowest BCUT2D eigenvalue weighted by molar-refractivity contribution is 0.0525. The van der Waals surface area contributed by atoms with Crippen LogP contribution in [0.1, 0.15) is 77.3 Å². The van der Waals surface area contributed by atoms with Crippen molar-refractivity contribution in [2.24, 2.45) is 5.41 Å². The molecule has 3 heteroatoms. The molecule has 1 saturated carbocycles. The van der Waals surface area contributed by atoms with E-state index in [2.05, 4.69) is 43.4 Å². The number of ether oxygens (including phenoxy) is 1. The molecule has 0 bridgehead atoms. The van der Waals surface area contributed by atoms with Crippen LogP contribution in [-0.4, -0.2) is 18.2 Å². The number of hydrogen-bond donors (Lipinski definition) is 1. The first-order chi connectivity index (χ1) is 11.1. The highest BCUT2D eigenvalue weighted by Crippen LogP contribution is 2.66. The first-order valence-corrected chi connectivity index (χ1v) is 9.21. The van der Waals surface area contributed by atoms with Crippen LogP contribution >= 0.6 is 0 Å². The van der Waals surface area contributed by atoms with Crippen molar-refractivity contribution in [2.75, 3.05) is 6.54 Å². The van der Waals surface area contributed by atoms with E-state index in [0.29, 0.717) is 23.3 Å². The molecule has 3 nitrogen and oxygen atoms in total. The fourth-order valence-corrected chi connectivity index (χ4v) is 4.57. The van der Waals surface area contributed by atoms with Crippen molar-refractivity contribution in [2.45, 2.75) is 77.2 Å². The predicted octanol–water partition coefficient (Wildman–Crippen LogP) is 5.15. The maximum Gasteiger partial charge on any atom is 0.407 e. The van der Waals surface area contributed by atoms with Gasteiger partial charge in [0, 0.05) is 12.0 Å². The molecular weight excluding hydrogens is 298 g/mol. The van der Waals surface area contributed by atoms with Crippen LogP contribution in [0.2, 0.25) is 0 Å². The van der Waals surface area contributed by atoms with Gasteiger partial charge in [-0.1, -0.05) is 38.1 Å². The van der Waals surface area contributed by atoms with Crippen molar-refractivity contribution in [3.05, 3.63) is 35.4 Å². The molecule has 0 aliphatic heterocycles. The molecule has 132 valence electrons. The highest BCUT2D eigenvalue weighted by atomic mass is 16.6. The van der Waals surface area contributed by atoms with Crippen LogP contribution in [0.15, 0.2) is 24.3 Å². The topological polar surface area (TPSA) is 38.3 Å². The second-order valence-corrected chi connectivity index (χ2v) is 9.17. The van der Waals surface area contributed by atoms with Crippen molar-refractivity contribution < 1.29 is 9.53 Å². The van der Waals surface area contributed by atoms with Crippen LogP contribution in [0.5, 0.6) is 0 Å². The van der Waals surface area contributed by atoms with E-state index >= 15 is 0 Å². The van der Waals surface area contributed by atoms with E-state index in [-0.39, 0.29) is 6.09 Å². The lowest BCUT2D eigenvalue weighted by Crippen LogP contribution is -2.38. The molecule has 1 fully saturated rings. The largest absolute Gasteiger partial charge is 0.444 e. The molecule has 0 saturated heterocycles. The summed E-state index contributed by atoms with van der Waals surface area (Å²) in [6, 6.07) is 8.96. The number of nitrogens with one attached hydrogen (secondary N) is 1. The average molecular weight is 329 g/mol. The molecule has 1 atom stereocenters. The predicted molar refractivity (Wildman–Crippen MR) is 97.3 cm³/mol. The van der Waals surface area contributed by atoms with Crippen LogP contribution < -0.4 is 5.32 Å². The monoisotopic (exact) mass is 329 g/mol. The lowest BCUT2D eigenvalue weighted by atomic mass is 9.59. The summed E-state index contributed by atoms with van der Waals surface area (Å²) < 4.78 is 5.33. The summed E-state index contributed by atoms with van der Waals surface area (Å²) >= 11 is 0. The Hall–Kier alpha value is -1.51. The average Bonchev–Trinajstić information content (AvgIpc) is 3.25. The number of benzene rings is 1. The Balaban J connectivity index is 1.67. The molecule has 24 heavy (non-hydrogen) atoms. The van der Waals surface area contributed by atoms with E-state index < -0.39 is 5.60 Å². The number of amides is 1. The van der Waals surface area contributed by atoms with Crippen molar-refractivity contribution in [1.29, 1.82) is 0 Å². The zero-order chi connectivity index (χ0) is 17.6. The van der Waals surface area contributed by atoms with Crippen LogP contribution in [0.4, 0.5) is 4.79 Å². The van der Waals surface area contributed by atoms with Gasteiger partial charge in [0.05, 0.1) is 0 Å². The molecule has 1 unspecified atom stereocenters. The van der Waals surface area contributed by atoms with Crippen LogP contribution in [0, 0.1) is 5.41 Å². The first kappa shape index (κ1) is 17.3. The van der Waals surface area contributed by atoms with Crippen LogP contribution in [0.3, 0.4) is 0 Å². The molecule has 1 spiro atoms. The molecule has 0 aromatic heterocycles. The standard InChI is InChI=1S/C21H31NO2/c1-19(2,3)24-18(23)22-13-10-15-14-20(4,5)21(11-12-21)17-9-7-6-8-16(15)17/h6-9,15H,10-14H2,1-5H3,(H,22,23). The SMILES string of the molecule is CC(C)(C)OC(=O)NCCC1CC(C)(C)C2(CC2)c2ccccc21. The molecule has 1 N–H and O–H groups in total. The van der Waals surface area contributed by atoms with Gasteiger partial charge in [0.25, 0.3) is 0 Å². The second-order valence-electron chi connectivity index (χ2n) is 9.17. The van der Waals surface area contributed by atoms with Crippen molar-refractivity contribution in [3.8, 4) is 0 Å². The minimum absolute atomic E-state index is 0.315. The summed E-state index contributed by atoms with van der Waals surface area (Å²) in [6.07, 6.45) is 4.49. The minimum Gasteiger partial charge on any atom is -0.444 e. The van der Waals surface area contributed by atoms with Gasteiger partial charge in [-0.15, -0.1) is 0 Å². The third kappa shape index (κ3) is 3.18. The Bertz CT molecular complexity index is 623. The Kier molecular flexibility index (Phi) is 4.17. The zero-order valence-electron chi connectivity index (χ0n) is 15.7. The molecule has 2 aliphatic rings. The molecule has 0 radical (unpaired) electrons. The lowest BCUT2D eigenvalue weighted by Gasteiger charge is -2.45. The number of alkyl carbamates (subject to hydrolysis) is 1. The Morgan fingerprint density at radius 1 is 1.25 bits per heavy atom. The third-order valence-corrected chi connectivity index (χ3v) is 5.88. The maximum absolute atomic E-state index is 11.9. The number of carbonyl (C=O) groups excluding carboxylic acids is 1. The van der Waals surface area contributed by atoms with Gasteiger partial charge in [0.2, 0.25) is 0 Å². The summed E-state index contributed by atoms with van der Waals surface area (Å²) in [5, 5.41) is 2.92. The minimum atomic E-state index is -0.443. The van der Waals surface area contributed by atoms with E-state index in [9.17, 15) is 4.79 Å². The first-order valence-electron chi connectivity index (χ1n) is 9.21. The van der Waals surface area contributed by atoms with E-state index in [4.69, 9.17) is 4.74 Å². The Morgan fingerprint density at radius 3 is 2.54 bits per heavy atom. The highest BCUT2D eigenvalue weighted by Gasteiger charge is 2.58. The van der Waals surface area contributed by atoms with Crippen molar-refractivity contribution in [3.63, 3.8) is 0 Å². The van der Waals surface area contributed by atoms with Gasteiger partial charge in [0.1, 0.15) is 5.60 Å². The number of rotatable bonds is 3. The summed E-state index contributed by atoms with van der Waals surface area (Å²) in [5.74, 6) is 0.511. The Morgan fingerprint density at radius 2 is 1.92 bits per heavy atom. The normalized spacial score (nSPS) is 23.5. The highest BCUT2D eigenvalue weighted by molar-refractivity contribution is 5.67. The quantitative estimate of drug-likeness (QED) is 0.833. The Labute approximate surface area is 146 Å². The van der Waals surface area contributed by atoms with Gasteiger partial charge in [-0.3, -0.25) is 0 Å². The molecule has 1 aromatic carbocycles. The molecule has 1 amide bonds. The van der Waals surface area contributed by atoms with Gasteiger partial charge in [-0.05, 0) is 68.9 Å². The maximum atomic E-state index is 11.9. The van der Waals surface area contributed by atoms with E-state index in [1.807, 2.05) is 20.8 Å². The van der Waals surface area contributed by atoms with E-state index in [1.165, 1.54) is 24.8 Å². The van der Waals surface area contributed by atoms with E-state index in [1.54, 1.807) is 5.56 Å². The molecule has 2 aliphatic carbocycles. The summed E-state index contributed by atoms with van der Waals surface area (Å²) in [6.45, 7) is 11.2. The smallest absolute Gasteiger partial charge is 0.407 e. The van der Waals surface area contributed by atoms with E-state index in [0.717, 1.165) is 6.42 Å². The fraction of sp³-hybridized carbons (Fsp3) is 0.667. The van der Waals surface area contributed by atoms with Crippen LogP contribution in [0.25, 0.3) is 0 Å². The summed E-state index contributed by atoms with van der Waals surface area (Å²) in [7, 11) is 0. The van der Waals surface area contributed by atoms with Crippen molar-refractivity contribution >= 4 is 6.09 Å². The number of hydrogen-bond acceptors (Lipinski definition) is 2. The molecule has 0 heterocycles. The molecular formula is C21H31NO2. The van der Waals surface area contributed by atoms with Crippen LogP contribution in [-0.2, 0) is 10.2 Å². The summed E-state index contributed by atoms with van der Waals surface area (Å²) in [5.41, 5.74) is 3.35. The third-order valence-electron chi connectivity index (χ3n) is 5.88. The number of fused-ring (bicyclic) bond motifs is 2. The fourth-order valence-electron chi connectivity index (χ4n) is 4.57. The van der Waals surface area contributed by atoms with Gasteiger partial charge < -0.3 is 10.1 Å². The number of carbonyl (C=O) groups is 1. The van der Waals surface area contributed by atoms with Gasteiger partial charge in [-0.25, -0.2) is 4.79 Å².